The van der Waals surface area contributed by atoms with Crippen LogP contribution in [0.5, 0.6) is 0 Å². The van der Waals surface area contributed by atoms with Crippen molar-refractivity contribution in [1.29, 1.82) is 0 Å². The number of hydrazine groups is 1. The lowest BCUT2D eigenvalue weighted by molar-refractivity contribution is -0.327. The first kappa shape index (κ1) is 26.6. The van der Waals surface area contributed by atoms with Crippen LogP contribution in [0, 0.1) is 0 Å². The molecule has 0 aliphatic carbocycles. The van der Waals surface area contributed by atoms with Gasteiger partial charge >= 0.3 is 0 Å². The lowest BCUT2D eigenvalue weighted by Gasteiger charge is -2.42. The van der Waals surface area contributed by atoms with Gasteiger partial charge < -0.3 is 50.3 Å². The van der Waals surface area contributed by atoms with E-state index in [1.165, 1.54) is 0 Å². The van der Waals surface area contributed by atoms with Crippen LogP contribution in [0.1, 0.15) is 13.8 Å². The first-order chi connectivity index (χ1) is 13.9. The van der Waals surface area contributed by atoms with E-state index >= 15 is 0 Å². The molecule has 1 fully saturated rings. The van der Waals surface area contributed by atoms with Gasteiger partial charge in [-0.05, 0) is 0 Å². The van der Waals surface area contributed by atoms with Gasteiger partial charge in [0.1, 0.15) is 48.8 Å². The molecule has 1 aliphatic heterocycles. The molecule has 0 saturated carbocycles. The highest BCUT2D eigenvalue weighted by Gasteiger charge is 2.47. The summed E-state index contributed by atoms with van der Waals surface area (Å²) in [6, 6.07) is 0. The number of nitrogens with zero attached hydrogens (tertiary/aromatic N) is 1. The zero-order chi connectivity index (χ0) is 23.2. The van der Waals surface area contributed by atoms with Crippen LogP contribution in [0.15, 0.2) is 0 Å². The molecular weight excluding hydrogens is 412 g/mol. The van der Waals surface area contributed by atoms with E-state index in [0.717, 1.165) is 13.8 Å². The summed E-state index contributed by atoms with van der Waals surface area (Å²) in [7, 11) is 0. The summed E-state index contributed by atoms with van der Waals surface area (Å²) in [6.45, 7) is -0.136. The number of rotatable bonds is 9. The van der Waals surface area contributed by atoms with Gasteiger partial charge in [0.25, 0.3) is 0 Å². The lowest BCUT2D eigenvalue weighted by atomic mass is 9.98. The number of aliphatic hydroxyl groups is 8. The summed E-state index contributed by atoms with van der Waals surface area (Å²) in [6.07, 6.45) is -15.9. The van der Waals surface area contributed by atoms with Crippen molar-refractivity contribution in [2.45, 2.75) is 69.0 Å². The minimum Gasteiger partial charge on any atom is -0.394 e. The molecule has 0 aromatic heterocycles. The second-order valence-electron chi connectivity index (χ2n) is 6.90. The monoisotopic (exact) mass is 442 g/mol. The Labute approximate surface area is 171 Å². The molecule has 176 valence electrons. The maximum Gasteiger partial charge on any atom is 0.237 e. The molecular formula is C16H30N2O12. The van der Waals surface area contributed by atoms with Crippen molar-refractivity contribution in [3.05, 3.63) is 0 Å². The topological polar surface area (TPSA) is 230 Å². The zero-order valence-corrected chi connectivity index (χ0v) is 16.5. The van der Waals surface area contributed by atoms with Crippen molar-refractivity contribution in [3.63, 3.8) is 0 Å². The molecule has 0 spiro atoms. The molecule has 14 heteroatoms. The Hall–Kier alpha value is -1.46. The number of nitrogens with one attached hydrogen (secondary N) is 1. The molecule has 9 N–H and O–H groups in total. The Morgan fingerprint density at radius 1 is 1.03 bits per heavy atom. The van der Waals surface area contributed by atoms with E-state index in [-0.39, 0.29) is 0 Å². The summed E-state index contributed by atoms with van der Waals surface area (Å²) in [5, 5.41) is 79.4. The Kier molecular flexibility index (Phi) is 10.5. The van der Waals surface area contributed by atoms with Crippen LogP contribution in [-0.4, -0.2) is 133 Å². The third kappa shape index (κ3) is 6.78. The fraction of sp³-hybridized carbons (Fsp3) is 0.875. The van der Waals surface area contributed by atoms with E-state index in [9.17, 15) is 50.4 Å². The van der Waals surface area contributed by atoms with Crippen molar-refractivity contribution in [3.8, 4) is 0 Å². The second kappa shape index (κ2) is 11.8. The second-order valence-corrected chi connectivity index (χ2v) is 6.90. The van der Waals surface area contributed by atoms with Crippen molar-refractivity contribution in [2.75, 3.05) is 19.8 Å². The molecule has 1 saturated heterocycles. The molecule has 0 aromatic rings. The quantitative estimate of drug-likeness (QED) is 0.152. The van der Waals surface area contributed by atoms with Gasteiger partial charge in [-0.15, -0.1) is 0 Å². The fourth-order valence-corrected chi connectivity index (χ4v) is 2.79. The number of aliphatic hydroxyl groups excluding tert-OH is 8. The summed E-state index contributed by atoms with van der Waals surface area (Å²) < 4.78 is 10.4. The number of amides is 2. The van der Waals surface area contributed by atoms with Gasteiger partial charge in [0, 0.05) is 13.8 Å². The molecule has 14 nitrogen and oxygen atoms in total. The van der Waals surface area contributed by atoms with Crippen LogP contribution in [0.25, 0.3) is 0 Å². The van der Waals surface area contributed by atoms with Crippen LogP contribution >= 0.6 is 0 Å². The smallest absolute Gasteiger partial charge is 0.237 e. The van der Waals surface area contributed by atoms with Gasteiger partial charge in [0.15, 0.2) is 6.29 Å². The Balaban J connectivity index is 2.97. The summed E-state index contributed by atoms with van der Waals surface area (Å²) in [4.78, 5) is 22.7. The Bertz CT molecular complexity index is 564. The Morgan fingerprint density at radius 2 is 1.63 bits per heavy atom. The molecule has 2 amide bonds. The maximum atomic E-state index is 11.6. The minimum atomic E-state index is -1.98. The van der Waals surface area contributed by atoms with E-state index in [4.69, 9.17) is 9.47 Å². The molecule has 0 unspecified atom stereocenters. The van der Waals surface area contributed by atoms with Crippen molar-refractivity contribution in [2.24, 2.45) is 0 Å². The molecule has 1 aliphatic rings. The van der Waals surface area contributed by atoms with E-state index in [0.29, 0.717) is 5.01 Å². The molecule has 1 heterocycles. The average Bonchev–Trinajstić information content (AvgIpc) is 2.69. The summed E-state index contributed by atoms with van der Waals surface area (Å²) in [5.74, 6) is -1.30. The number of hydrogen-bond acceptors (Lipinski definition) is 12. The molecule has 0 radical (unpaired) electrons. The molecule has 0 aromatic carbocycles. The number of carbonyl (C=O) groups excluding carboxylic acids is 2. The number of carbonyl (C=O) groups is 2. The van der Waals surface area contributed by atoms with Crippen LogP contribution in [0.2, 0.25) is 0 Å². The van der Waals surface area contributed by atoms with Crippen LogP contribution < -0.4 is 5.43 Å². The molecule has 1 rings (SSSR count). The third-order valence-corrected chi connectivity index (χ3v) is 4.48. The van der Waals surface area contributed by atoms with Crippen molar-refractivity contribution >= 4 is 11.8 Å². The summed E-state index contributed by atoms with van der Waals surface area (Å²) in [5.41, 5.74) is 2.13. The van der Waals surface area contributed by atoms with Crippen LogP contribution in [-0.2, 0) is 19.1 Å². The highest BCUT2D eigenvalue weighted by Crippen LogP contribution is 2.25. The van der Waals surface area contributed by atoms with Gasteiger partial charge in [-0.25, -0.2) is 0 Å². The first-order valence-electron chi connectivity index (χ1n) is 9.10. The van der Waals surface area contributed by atoms with Gasteiger partial charge in [-0.3, -0.25) is 20.0 Å². The third-order valence-electron chi connectivity index (χ3n) is 4.48. The van der Waals surface area contributed by atoms with E-state index in [1.807, 2.05) is 0 Å². The SMILES string of the molecule is CC(=O)NN(C[C@H](O)[C@@H](O)[C@H](O[C@@H]1O[C@H](CO)[C@H](O)[C@H](O)[C@H]1O)[C@H](O)CO)C(C)=O. The van der Waals surface area contributed by atoms with Gasteiger partial charge in [0.2, 0.25) is 11.8 Å². The number of ether oxygens (including phenoxy) is 2. The van der Waals surface area contributed by atoms with Gasteiger partial charge in [-0.1, -0.05) is 0 Å². The fourth-order valence-electron chi connectivity index (χ4n) is 2.79. The minimum absolute atomic E-state index is 0.622. The number of hydrogen-bond donors (Lipinski definition) is 9. The standard InChI is InChI=1S/C16H30N2O12/c1-6(21)17-18(7(2)22)3-8(23)11(25)15(9(24)4-19)30-16-14(28)13(27)12(26)10(5-20)29-16/h8-16,19-20,23-28H,3-5H2,1-2H3,(H,17,21)/t8-,9+,10+,11+,12-,13-,14+,15+,16-/m0/s1. The van der Waals surface area contributed by atoms with Gasteiger partial charge in [-0.2, -0.15) is 0 Å². The lowest BCUT2D eigenvalue weighted by Crippen LogP contribution is -2.62. The molecule has 30 heavy (non-hydrogen) atoms. The molecule has 0 bridgehead atoms. The Morgan fingerprint density at radius 3 is 2.10 bits per heavy atom. The van der Waals surface area contributed by atoms with E-state index in [2.05, 4.69) is 5.43 Å². The van der Waals surface area contributed by atoms with E-state index < -0.39 is 86.7 Å². The van der Waals surface area contributed by atoms with Crippen molar-refractivity contribution < 1.29 is 59.9 Å². The first-order valence-corrected chi connectivity index (χ1v) is 9.10. The molecule has 9 atom stereocenters. The predicted molar refractivity (Wildman–Crippen MR) is 95.0 cm³/mol. The maximum absolute atomic E-state index is 11.6. The van der Waals surface area contributed by atoms with Crippen LogP contribution in [0.3, 0.4) is 0 Å². The van der Waals surface area contributed by atoms with Gasteiger partial charge in [0.05, 0.1) is 19.8 Å². The zero-order valence-electron chi connectivity index (χ0n) is 16.5. The average molecular weight is 442 g/mol. The summed E-state index contributed by atoms with van der Waals surface area (Å²) >= 11 is 0. The highest BCUT2D eigenvalue weighted by atomic mass is 16.7. The van der Waals surface area contributed by atoms with Crippen molar-refractivity contribution in [1.82, 2.24) is 10.4 Å². The van der Waals surface area contributed by atoms with E-state index in [1.54, 1.807) is 0 Å². The normalized spacial score (nSPS) is 30.8. The predicted octanol–water partition coefficient (Wildman–Crippen LogP) is -5.85. The van der Waals surface area contributed by atoms with Crippen LogP contribution in [0.4, 0.5) is 0 Å². The highest BCUT2D eigenvalue weighted by molar-refractivity contribution is 5.79. The largest absolute Gasteiger partial charge is 0.394 e.